The molecule has 1 saturated carbocycles. The van der Waals surface area contributed by atoms with E-state index in [2.05, 4.69) is 12.2 Å². The molecule has 2 fully saturated rings. The van der Waals surface area contributed by atoms with Crippen molar-refractivity contribution in [3.8, 4) is 0 Å². The van der Waals surface area contributed by atoms with Gasteiger partial charge in [-0.1, -0.05) is 6.92 Å². The van der Waals surface area contributed by atoms with Crippen LogP contribution in [-0.2, 0) is 9.53 Å². The minimum absolute atomic E-state index is 0.111. The summed E-state index contributed by atoms with van der Waals surface area (Å²) in [5.41, 5.74) is 5.96. The number of nitrogens with one attached hydrogen (secondary N) is 1. The largest absolute Gasteiger partial charge is 0.379 e. The van der Waals surface area contributed by atoms with Crippen molar-refractivity contribution >= 4 is 5.91 Å². The second-order valence-electron chi connectivity index (χ2n) is 5.34. The van der Waals surface area contributed by atoms with E-state index in [9.17, 15) is 4.79 Å². The average Bonchev–Trinajstić information content (AvgIpc) is 2.68. The van der Waals surface area contributed by atoms with Crippen LogP contribution < -0.4 is 11.1 Å². The molecule has 1 aliphatic carbocycles. The second kappa shape index (κ2) is 5.15. The third-order valence-corrected chi connectivity index (χ3v) is 3.63. The SMILES string of the molecule is CC1CC(N)CC(C(=O)NC2CCOC2)C1. The van der Waals surface area contributed by atoms with Gasteiger partial charge in [-0.2, -0.15) is 0 Å². The first-order chi connectivity index (χ1) is 7.65. The number of amides is 1. The topological polar surface area (TPSA) is 64.4 Å². The van der Waals surface area contributed by atoms with E-state index in [1.807, 2.05) is 0 Å². The normalized spacial score (nSPS) is 39.6. The van der Waals surface area contributed by atoms with Gasteiger partial charge in [-0.3, -0.25) is 4.79 Å². The number of nitrogens with two attached hydrogens (primary N) is 1. The summed E-state index contributed by atoms with van der Waals surface area (Å²) in [6.07, 6.45) is 3.81. The van der Waals surface area contributed by atoms with Crippen LogP contribution in [0.3, 0.4) is 0 Å². The molecule has 0 radical (unpaired) electrons. The Morgan fingerprint density at radius 3 is 2.81 bits per heavy atom. The lowest BCUT2D eigenvalue weighted by Crippen LogP contribution is -2.44. The highest BCUT2D eigenvalue weighted by Crippen LogP contribution is 2.28. The molecule has 2 rings (SSSR count). The van der Waals surface area contributed by atoms with Crippen molar-refractivity contribution in [2.45, 2.75) is 44.7 Å². The van der Waals surface area contributed by atoms with Crippen molar-refractivity contribution in [2.75, 3.05) is 13.2 Å². The predicted octanol–water partition coefficient (Wildman–Crippen LogP) is 0.655. The predicted molar refractivity (Wildman–Crippen MR) is 61.8 cm³/mol. The molecular weight excluding hydrogens is 204 g/mol. The van der Waals surface area contributed by atoms with E-state index in [1.165, 1.54) is 0 Å². The molecule has 4 nitrogen and oxygen atoms in total. The summed E-state index contributed by atoms with van der Waals surface area (Å²) in [4.78, 5) is 12.0. The minimum atomic E-state index is 0.111. The van der Waals surface area contributed by atoms with Crippen molar-refractivity contribution in [3.05, 3.63) is 0 Å². The van der Waals surface area contributed by atoms with Crippen LogP contribution in [0.5, 0.6) is 0 Å². The van der Waals surface area contributed by atoms with Crippen LogP contribution in [0.1, 0.15) is 32.6 Å². The minimum Gasteiger partial charge on any atom is -0.379 e. The lowest BCUT2D eigenvalue weighted by atomic mass is 9.79. The quantitative estimate of drug-likeness (QED) is 0.727. The molecule has 1 heterocycles. The van der Waals surface area contributed by atoms with Crippen LogP contribution in [0.4, 0.5) is 0 Å². The number of ether oxygens (including phenoxy) is 1. The Kier molecular flexibility index (Phi) is 3.82. The highest BCUT2D eigenvalue weighted by atomic mass is 16.5. The molecule has 0 aromatic carbocycles. The Hall–Kier alpha value is -0.610. The molecule has 0 spiro atoms. The lowest BCUT2D eigenvalue weighted by Gasteiger charge is -2.31. The molecule has 0 bridgehead atoms. The van der Waals surface area contributed by atoms with Gasteiger partial charge in [-0.15, -0.1) is 0 Å². The van der Waals surface area contributed by atoms with Crippen LogP contribution in [0.2, 0.25) is 0 Å². The van der Waals surface area contributed by atoms with Crippen LogP contribution in [-0.4, -0.2) is 31.2 Å². The summed E-state index contributed by atoms with van der Waals surface area (Å²) in [5.74, 6) is 0.858. The molecule has 1 aliphatic heterocycles. The van der Waals surface area contributed by atoms with E-state index >= 15 is 0 Å². The van der Waals surface area contributed by atoms with Gasteiger partial charge in [0.05, 0.1) is 12.6 Å². The highest BCUT2D eigenvalue weighted by molar-refractivity contribution is 5.79. The molecule has 4 heteroatoms. The molecule has 92 valence electrons. The molecule has 0 aromatic heterocycles. The maximum Gasteiger partial charge on any atom is 0.223 e. The molecule has 1 amide bonds. The Balaban J connectivity index is 1.83. The van der Waals surface area contributed by atoms with Gasteiger partial charge < -0.3 is 15.8 Å². The molecule has 0 aromatic rings. The van der Waals surface area contributed by atoms with Crippen molar-refractivity contribution < 1.29 is 9.53 Å². The van der Waals surface area contributed by atoms with Crippen LogP contribution in [0.15, 0.2) is 0 Å². The van der Waals surface area contributed by atoms with Crippen molar-refractivity contribution in [2.24, 2.45) is 17.6 Å². The molecule has 4 unspecified atom stereocenters. The standard InChI is InChI=1S/C12H22N2O2/c1-8-4-9(6-10(13)5-8)12(15)14-11-2-3-16-7-11/h8-11H,2-7,13H2,1H3,(H,14,15). The van der Waals surface area contributed by atoms with Crippen LogP contribution >= 0.6 is 0 Å². The van der Waals surface area contributed by atoms with Crippen molar-refractivity contribution in [3.63, 3.8) is 0 Å². The maximum absolute atomic E-state index is 12.0. The zero-order chi connectivity index (χ0) is 11.5. The van der Waals surface area contributed by atoms with Crippen LogP contribution in [0, 0.1) is 11.8 Å². The number of carbonyl (C=O) groups excluding carboxylic acids is 1. The smallest absolute Gasteiger partial charge is 0.223 e. The molecule has 2 aliphatic rings. The molecule has 4 atom stereocenters. The van der Waals surface area contributed by atoms with Crippen LogP contribution in [0.25, 0.3) is 0 Å². The van der Waals surface area contributed by atoms with Gasteiger partial charge in [-0.05, 0) is 31.6 Å². The summed E-state index contributed by atoms with van der Waals surface area (Å²) < 4.78 is 5.25. The first-order valence-electron chi connectivity index (χ1n) is 6.29. The van der Waals surface area contributed by atoms with Crippen molar-refractivity contribution in [1.82, 2.24) is 5.32 Å². The highest BCUT2D eigenvalue weighted by Gasteiger charge is 2.30. The van der Waals surface area contributed by atoms with E-state index in [0.29, 0.717) is 12.5 Å². The van der Waals surface area contributed by atoms with Gasteiger partial charge in [-0.25, -0.2) is 0 Å². The van der Waals surface area contributed by atoms with Gasteiger partial charge in [0.1, 0.15) is 0 Å². The van der Waals surface area contributed by atoms with Gasteiger partial charge in [0.15, 0.2) is 0 Å². The molecular formula is C12H22N2O2. The average molecular weight is 226 g/mol. The third kappa shape index (κ3) is 2.95. The Morgan fingerprint density at radius 2 is 2.19 bits per heavy atom. The van der Waals surface area contributed by atoms with E-state index in [1.54, 1.807) is 0 Å². The Labute approximate surface area is 96.9 Å². The summed E-state index contributed by atoms with van der Waals surface area (Å²) in [5, 5.41) is 3.07. The van der Waals surface area contributed by atoms with Gasteiger partial charge in [0.25, 0.3) is 0 Å². The fraction of sp³-hybridized carbons (Fsp3) is 0.917. The fourth-order valence-corrected chi connectivity index (χ4v) is 2.84. The number of hydrogen-bond acceptors (Lipinski definition) is 3. The van der Waals surface area contributed by atoms with E-state index in [-0.39, 0.29) is 23.9 Å². The third-order valence-electron chi connectivity index (χ3n) is 3.63. The van der Waals surface area contributed by atoms with Gasteiger partial charge in [0.2, 0.25) is 5.91 Å². The van der Waals surface area contributed by atoms with Crippen molar-refractivity contribution in [1.29, 1.82) is 0 Å². The van der Waals surface area contributed by atoms with Gasteiger partial charge in [0, 0.05) is 18.6 Å². The summed E-state index contributed by atoms with van der Waals surface area (Å²) in [7, 11) is 0. The molecule has 1 saturated heterocycles. The first kappa shape index (κ1) is 11.9. The Morgan fingerprint density at radius 1 is 1.38 bits per heavy atom. The second-order valence-corrected chi connectivity index (χ2v) is 5.34. The fourth-order valence-electron chi connectivity index (χ4n) is 2.84. The van der Waals surface area contributed by atoms with E-state index in [4.69, 9.17) is 10.5 Å². The molecule has 16 heavy (non-hydrogen) atoms. The van der Waals surface area contributed by atoms with Gasteiger partial charge >= 0.3 is 0 Å². The summed E-state index contributed by atoms with van der Waals surface area (Å²) >= 11 is 0. The summed E-state index contributed by atoms with van der Waals surface area (Å²) in [6.45, 7) is 3.61. The van der Waals surface area contributed by atoms with E-state index in [0.717, 1.165) is 32.3 Å². The number of carbonyl (C=O) groups is 1. The number of rotatable bonds is 2. The first-order valence-corrected chi connectivity index (χ1v) is 6.29. The van der Waals surface area contributed by atoms with E-state index < -0.39 is 0 Å². The molecule has 3 N–H and O–H groups in total. The number of hydrogen-bond donors (Lipinski definition) is 2. The summed E-state index contributed by atoms with van der Waals surface area (Å²) in [6, 6.07) is 0.417. The Bertz CT molecular complexity index is 241. The zero-order valence-electron chi connectivity index (χ0n) is 9.95. The zero-order valence-corrected chi connectivity index (χ0v) is 9.95. The monoisotopic (exact) mass is 226 g/mol. The maximum atomic E-state index is 12.0. The lowest BCUT2D eigenvalue weighted by molar-refractivity contribution is -0.127.